The Balaban J connectivity index is 1.70. The molecule has 6 nitrogen and oxygen atoms in total. The Hall–Kier alpha value is -3.15. The van der Waals surface area contributed by atoms with Crippen LogP contribution in [0.4, 0.5) is 5.95 Å². The van der Waals surface area contributed by atoms with Gasteiger partial charge in [-0.15, -0.1) is 0 Å². The quantitative estimate of drug-likeness (QED) is 0.646. The number of aromatic nitrogens is 2. The molecule has 0 aliphatic heterocycles. The molecule has 0 aliphatic carbocycles. The third-order valence-corrected chi connectivity index (χ3v) is 3.87. The van der Waals surface area contributed by atoms with Crippen LogP contribution in [0.15, 0.2) is 54.6 Å². The Kier molecular flexibility index (Phi) is 5.09. The first kappa shape index (κ1) is 16.7. The van der Waals surface area contributed by atoms with Gasteiger partial charge in [-0.25, -0.2) is 4.98 Å². The number of carbonyl (C=O) groups excluding carboxylic acids is 2. The molecule has 0 spiro atoms. The second-order valence-corrected chi connectivity index (χ2v) is 5.77. The zero-order chi connectivity index (χ0) is 17.6. The number of rotatable bonds is 6. The average Bonchev–Trinajstić information content (AvgIpc) is 3.04. The summed E-state index contributed by atoms with van der Waals surface area (Å²) in [6.45, 7) is 1.97. The molecule has 0 saturated heterocycles. The molecule has 1 aromatic heterocycles. The Morgan fingerprint density at radius 3 is 2.52 bits per heavy atom. The van der Waals surface area contributed by atoms with E-state index >= 15 is 0 Å². The molecule has 25 heavy (non-hydrogen) atoms. The predicted molar refractivity (Wildman–Crippen MR) is 97.3 cm³/mol. The number of carbonyl (C=O) groups is 2. The second-order valence-electron chi connectivity index (χ2n) is 5.77. The summed E-state index contributed by atoms with van der Waals surface area (Å²) in [7, 11) is 0. The van der Waals surface area contributed by atoms with E-state index < -0.39 is 6.04 Å². The third kappa shape index (κ3) is 4.03. The molecule has 0 fully saturated rings. The topological polar surface area (TPSA) is 86.9 Å². The smallest absolute Gasteiger partial charge is 0.251 e. The molecule has 3 aromatic rings. The number of nitrogens with one attached hydrogen (secondary N) is 3. The molecule has 6 heteroatoms. The molecule has 3 rings (SSSR count). The summed E-state index contributed by atoms with van der Waals surface area (Å²) in [6.07, 6.45) is 1.32. The number of benzene rings is 2. The number of hydrogen-bond donors (Lipinski definition) is 3. The molecule has 2 aromatic carbocycles. The van der Waals surface area contributed by atoms with Crippen LogP contribution in [-0.4, -0.2) is 27.8 Å². The highest BCUT2D eigenvalue weighted by Crippen LogP contribution is 2.14. The van der Waals surface area contributed by atoms with Crippen molar-refractivity contribution in [3.63, 3.8) is 0 Å². The van der Waals surface area contributed by atoms with E-state index in [0.717, 1.165) is 17.5 Å². The van der Waals surface area contributed by atoms with E-state index in [2.05, 4.69) is 20.6 Å². The number of H-pyrrole nitrogens is 1. The van der Waals surface area contributed by atoms with Crippen molar-refractivity contribution in [3.8, 4) is 0 Å². The Bertz CT molecular complexity index is 840. The Labute approximate surface area is 145 Å². The summed E-state index contributed by atoms with van der Waals surface area (Å²) in [5.74, 6) is -0.176. The van der Waals surface area contributed by atoms with Crippen molar-refractivity contribution in [2.75, 3.05) is 5.32 Å². The third-order valence-electron chi connectivity index (χ3n) is 3.87. The molecule has 128 valence electrons. The number of nitrogens with zero attached hydrogens (tertiary/aromatic N) is 1. The number of para-hydroxylation sites is 2. The number of aromatic amines is 1. The molecule has 0 radical (unpaired) electrons. The van der Waals surface area contributed by atoms with Gasteiger partial charge in [-0.2, -0.15) is 0 Å². The van der Waals surface area contributed by atoms with Gasteiger partial charge in [0.1, 0.15) is 6.04 Å². The summed E-state index contributed by atoms with van der Waals surface area (Å²) in [5.41, 5.74) is 2.15. The van der Waals surface area contributed by atoms with Crippen molar-refractivity contribution >= 4 is 28.8 Å². The fourth-order valence-electron chi connectivity index (χ4n) is 2.60. The van der Waals surface area contributed by atoms with Crippen molar-refractivity contribution in [2.24, 2.45) is 0 Å². The maximum Gasteiger partial charge on any atom is 0.251 e. The van der Waals surface area contributed by atoms with E-state index in [1.165, 1.54) is 0 Å². The summed E-state index contributed by atoms with van der Waals surface area (Å²) in [6, 6.07) is 15.8. The summed E-state index contributed by atoms with van der Waals surface area (Å²) in [5, 5.41) is 5.55. The highest BCUT2D eigenvalue weighted by Gasteiger charge is 2.21. The van der Waals surface area contributed by atoms with Crippen molar-refractivity contribution in [3.05, 3.63) is 60.2 Å². The first-order valence-electron chi connectivity index (χ1n) is 8.29. The van der Waals surface area contributed by atoms with Crippen LogP contribution in [0, 0.1) is 0 Å². The first-order valence-corrected chi connectivity index (χ1v) is 8.29. The lowest BCUT2D eigenvalue weighted by Crippen LogP contribution is -2.43. The zero-order valence-electron chi connectivity index (χ0n) is 14.0. The second kappa shape index (κ2) is 7.61. The summed E-state index contributed by atoms with van der Waals surface area (Å²) < 4.78 is 0. The molecule has 3 N–H and O–H groups in total. The Morgan fingerprint density at radius 2 is 1.80 bits per heavy atom. The van der Waals surface area contributed by atoms with Gasteiger partial charge < -0.3 is 10.3 Å². The molecular formula is C19H20N4O2. The van der Waals surface area contributed by atoms with E-state index in [1.807, 2.05) is 37.3 Å². The standard InChI is InChI=1S/C19H20N4O2/c1-2-8-16(20-17(24)13-9-4-3-5-10-13)18(25)23-19-21-14-11-6-7-12-15(14)22-19/h3-7,9-12,16H,2,8H2,1H3,(H,20,24)(H2,21,22,23,25)/t16-/m0/s1. The van der Waals surface area contributed by atoms with Crippen LogP contribution < -0.4 is 10.6 Å². The van der Waals surface area contributed by atoms with Gasteiger partial charge in [-0.3, -0.25) is 14.9 Å². The fraction of sp³-hybridized carbons (Fsp3) is 0.211. The fourth-order valence-corrected chi connectivity index (χ4v) is 2.60. The summed E-state index contributed by atoms with van der Waals surface area (Å²) in [4.78, 5) is 32.3. The van der Waals surface area contributed by atoms with Crippen LogP contribution in [0.3, 0.4) is 0 Å². The van der Waals surface area contributed by atoms with Gasteiger partial charge >= 0.3 is 0 Å². The lowest BCUT2D eigenvalue weighted by Gasteiger charge is -2.17. The zero-order valence-corrected chi connectivity index (χ0v) is 14.0. The van der Waals surface area contributed by atoms with E-state index in [4.69, 9.17) is 0 Å². The molecule has 0 unspecified atom stereocenters. The van der Waals surface area contributed by atoms with Crippen LogP contribution in [0.1, 0.15) is 30.1 Å². The number of amides is 2. The van der Waals surface area contributed by atoms with Crippen LogP contribution in [-0.2, 0) is 4.79 Å². The number of fused-ring (bicyclic) bond motifs is 1. The lowest BCUT2D eigenvalue weighted by molar-refractivity contribution is -0.118. The predicted octanol–water partition coefficient (Wildman–Crippen LogP) is 3.10. The normalized spacial score (nSPS) is 11.9. The molecular weight excluding hydrogens is 316 g/mol. The van der Waals surface area contributed by atoms with Gasteiger partial charge in [0.2, 0.25) is 11.9 Å². The highest BCUT2D eigenvalue weighted by atomic mass is 16.2. The SMILES string of the molecule is CCC[C@H](NC(=O)c1ccccc1)C(=O)Nc1nc2ccccc2[nH]1. The molecule has 0 bridgehead atoms. The highest BCUT2D eigenvalue weighted by molar-refractivity contribution is 6.01. The molecule has 0 saturated carbocycles. The van der Waals surface area contributed by atoms with Gasteiger partial charge in [0.25, 0.3) is 5.91 Å². The monoisotopic (exact) mass is 336 g/mol. The van der Waals surface area contributed by atoms with E-state index in [-0.39, 0.29) is 11.8 Å². The minimum absolute atomic E-state index is 0.265. The molecule has 0 aliphatic rings. The number of hydrogen-bond acceptors (Lipinski definition) is 3. The Morgan fingerprint density at radius 1 is 1.08 bits per heavy atom. The molecule has 2 amide bonds. The van der Waals surface area contributed by atoms with Crippen molar-refractivity contribution in [1.82, 2.24) is 15.3 Å². The van der Waals surface area contributed by atoms with Crippen molar-refractivity contribution < 1.29 is 9.59 Å². The van der Waals surface area contributed by atoms with Crippen LogP contribution in [0.5, 0.6) is 0 Å². The van der Waals surface area contributed by atoms with Gasteiger partial charge in [0.05, 0.1) is 11.0 Å². The summed E-state index contributed by atoms with van der Waals surface area (Å²) >= 11 is 0. The number of anilines is 1. The van der Waals surface area contributed by atoms with Crippen LogP contribution in [0.2, 0.25) is 0 Å². The van der Waals surface area contributed by atoms with Gasteiger partial charge in [0, 0.05) is 5.56 Å². The van der Waals surface area contributed by atoms with Gasteiger partial charge in [-0.1, -0.05) is 43.7 Å². The van der Waals surface area contributed by atoms with Gasteiger partial charge in [0.15, 0.2) is 0 Å². The van der Waals surface area contributed by atoms with Crippen molar-refractivity contribution in [2.45, 2.75) is 25.8 Å². The molecule has 1 atom stereocenters. The van der Waals surface area contributed by atoms with Crippen molar-refractivity contribution in [1.29, 1.82) is 0 Å². The molecule has 1 heterocycles. The van der Waals surface area contributed by atoms with E-state index in [1.54, 1.807) is 24.3 Å². The largest absolute Gasteiger partial charge is 0.340 e. The number of imidazole rings is 1. The maximum atomic E-state index is 12.6. The van der Waals surface area contributed by atoms with Gasteiger partial charge in [-0.05, 0) is 30.7 Å². The van der Waals surface area contributed by atoms with E-state index in [9.17, 15) is 9.59 Å². The minimum Gasteiger partial charge on any atom is -0.340 e. The lowest BCUT2D eigenvalue weighted by atomic mass is 10.1. The van der Waals surface area contributed by atoms with Crippen LogP contribution >= 0.6 is 0 Å². The first-order chi connectivity index (χ1) is 12.2. The van der Waals surface area contributed by atoms with Crippen LogP contribution in [0.25, 0.3) is 11.0 Å². The van der Waals surface area contributed by atoms with E-state index in [0.29, 0.717) is 17.9 Å². The maximum absolute atomic E-state index is 12.6. The minimum atomic E-state index is -0.620. The average molecular weight is 336 g/mol.